The van der Waals surface area contributed by atoms with Crippen molar-refractivity contribution in [3.63, 3.8) is 0 Å². The van der Waals surface area contributed by atoms with E-state index in [1.165, 1.54) is 6.20 Å². The molecule has 136 valence electrons. The van der Waals surface area contributed by atoms with Crippen LogP contribution in [0.1, 0.15) is 40.9 Å². The molecule has 0 atom stereocenters. The predicted octanol–water partition coefficient (Wildman–Crippen LogP) is 0.973. The second kappa shape index (κ2) is 6.90. The van der Waals surface area contributed by atoms with Gasteiger partial charge in [0.1, 0.15) is 5.56 Å². The van der Waals surface area contributed by atoms with E-state index in [0.717, 1.165) is 43.4 Å². The molecule has 4 rings (SSSR count). The maximum absolute atomic E-state index is 12.5. The van der Waals surface area contributed by atoms with Gasteiger partial charge in [-0.2, -0.15) is 5.10 Å². The van der Waals surface area contributed by atoms with Crippen LogP contribution in [-0.4, -0.2) is 38.7 Å². The number of aromatic amines is 1. The minimum atomic E-state index is -0.353. The second-order valence-electron chi connectivity index (χ2n) is 7.14. The van der Waals surface area contributed by atoms with Crippen LogP contribution in [0.2, 0.25) is 0 Å². The number of aromatic nitrogens is 3. The molecular formula is C19H22N4O3. The lowest BCUT2D eigenvalue weighted by Crippen LogP contribution is -2.42. The highest BCUT2D eigenvalue weighted by molar-refractivity contribution is 5.93. The average Bonchev–Trinajstić information content (AvgIpc) is 3.09. The Labute approximate surface area is 150 Å². The van der Waals surface area contributed by atoms with Crippen molar-refractivity contribution < 1.29 is 4.79 Å². The van der Waals surface area contributed by atoms with Crippen LogP contribution in [0.5, 0.6) is 0 Å². The standard InChI is InChI=1S/C19H22N4O3/c24-17-11-14-3-1-5-16(14)21-23(17)12-13-6-9-22(10-7-13)19(26)15-4-2-8-20-18(15)25/h2,4,8,11,13H,1,3,5-7,9-10,12H2,(H,20,25). The molecule has 2 aromatic rings. The van der Waals surface area contributed by atoms with Gasteiger partial charge in [-0.15, -0.1) is 0 Å². The van der Waals surface area contributed by atoms with Crippen LogP contribution in [0.3, 0.4) is 0 Å². The van der Waals surface area contributed by atoms with Crippen LogP contribution < -0.4 is 11.1 Å². The number of nitrogens with one attached hydrogen (secondary N) is 1. The van der Waals surface area contributed by atoms with Crippen LogP contribution in [0.15, 0.2) is 34.0 Å². The van der Waals surface area contributed by atoms with Crippen LogP contribution in [0.25, 0.3) is 0 Å². The largest absolute Gasteiger partial charge is 0.338 e. The van der Waals surface area contributed by atoms with E-state index in [9.17, 15) is 14.4 Å². The van der Waals surface area contributed by atoms with Gasteiger partial charge in [0.25, 0.3) is 17.0 Å². The molecule has 0 unspecified atom stereocenters. The lowest BCUT2D eigenvalue weighted by molar-refractivity contribution is 0.0678. The van der Waals surface area contributed by atoms with Gasteiger partial charge in [-0.05, 0) is 55.7 Å². The molecule has 1 saturated heterocycles. The first-order valence-corrected chi connectivity index (χ1v) is 9.19. The fraction of sp³-hybridized carbons (Fsp3) is 0.474. The van der Waals surface area contributed by atoms with Crippen molar-refractivity contribution in [3.8, 4) is 0 Å². The zero-order chi connectivity index (χ0) is 18.1. The van der Waals surface area contributed by atoms with Crippen molar-refractivity contribution >= 4 is 5.91 Å². The molecule has 0 aromatic carbocycles. The van der Waals surface area contributed by atoms with Crippen LogP contribution in [0.4, 0.5) is 0 Å². The molecule has 1 aliphatic carbocycles. The number of hydrogen-bond acceptors (Lipinski definition) is 4. The smallest absolute Gasteiger partial charge is 0.267 e. The summed E-state index contributed by atoms with van der Waals surface area (Å²) in [5.74, 6) is 0.0934. The van der Waals surface area contributed by atoms with E-state index in [2.05, 4.69) is 10.1 Å². The second-order valence-corrected chi connectivity index (χ2v) is 7.14. The Bertz CT molecular complexity index is 938. The highest BCUT2D eigenvalue weighted by Gasteiger charge is 2.26. The van der Waals surface area contributed by atoms with Crippen molar-refractivity contribution in [1.82, 2.24) is 19.7 Å². The molecule has 0 spiro atoms. The number of H-pyrrole nitrogens is 1. The van der Waals surface area contributed by atoms with Gasteiger partial charge in [0.05, 0.1) is 5.69 Å². The van der Waals surface area contributed by atoms with Gasteiger partial charge in [-0.25, -0.2) is 4.68 Å². The first kappa shape index (κ1) is 16.8. The Balaban J connectivity index is 1.40. The topological polar surface area (TPSA) is 88.1 Å². The molecule has 7 heteroatoms. The number of pyridine rings is 1. The number of hydrogen-bond donors (Lipinski definition) is 1. The highest BCUT2D eigenvalue weighted by Crippen LogP contribution is 2.21. The fourth-order valence-corrected chi connectivity index (χ4v) is 3.89. The molecule has 1 amide bonds. The average molecular weight is 354 g/mol. The van der Waals surface area contributed by atoms with Gasteiger partial charge < -0.3 is 9.88 Å². The number of carbonyl (C=O) groups excluding carboxylic acids is 1. The number of fused-ring (bicyclic) bond motifs is 1. The minimum Gasteiger partial charge on any atom is -0.338 e. The van der Waals surface area contributed by atoms with Gasteiger partial charge in [0, 0.05) is 31.9 Å². The molecular weight excluding hydrogens is 332 g/mol. The minimum absolute atomic E-state index is 0.0278. The quantitative estimate of drug-likeness (QED) is 0.890. The predicted molar refractivity (Wildman–Crippen MR) is 96.2 cm³/mol. The molecule has 1 N–H and O–H groups in total. The van der Waals surface area contributed by atoms with Gasteiger partial charge in [0.15, 0.2) is 0 Å². The molecule has 0 bridgehead atoms. The fourth-order valence-electron chi connectivity index (χ4n) is 3.89. The molecule has 3 heterocycles. The third-order valence-electron chi connectivity index (χ3n) is 5.41. The van der Waals surface area contributed by atoms with Crippen LogP contribution in [-0.2, 0) is 19.4 Å². The van der Waals surface area contributed by atoms with E-state index >= 15 is 0 Å². The summed E-state index contributed by atoms with van der Waals surface area (Å²) in [4.78, 5) is 40.8. The first-order chi connectivity index (χ1) is 12.6. The van der Waals surface area contributed by atoms with E-state index in [4.69, 9.17) is 0 Å². The summed E-state index contributed by atoms with van der Waals surface area (Å²) in [7, 11) is 0. The van der Waals surface area contributed by atoms with E-state index < -0.39 is 0 Å². The number of rotatable bonds is 3. The maximum atomic E-state index is 12.5. The zero-order valence-electron chi connectivity index (χ0n) is 14.6. The Hall–Kier alpha value is -2.70. The van der Waals surface area contributed by atoms with Crippen molar-refractivity contribution in [3.05, 3.63) is 61.9 Å². The van der Waals surface area contributed by atoms with Crippen LogP contribution in [0, 0.1) is 5.92 Å². The molecule has 1 aliphatic heterocycles. The number of carbonyl (C=O) groups is 1. The number of likely N-dealkylation sites (tertiary alicyclic amines) is 1. The van der Waals surface area contributed by atoms with Gasteiger partial charge >= 0.3 is 0 Å². The lowest BCUT2D eigenvalue weighted by Gasteiger charge is -2.32. The van der Waals surface area contributed by atoms with E-state index in [-0.39, 0.29) is 22.6 Å². The van der Waals surface area contributed by atoms with Crippen molar-refractivity contribution in [2.24, 2.45) is 5.92 Å². The molecule has 2 aliphatic rings. The molecule has 2 aromatic heterocycles. The molecule has 26 heavy (non-hydrogen) atoms. The van der Waals surface area contributed by atoms with Gasteiger partial charge in [-0.3, -0.25) is 14.4 Å². The van der Waals surface area contributed by atoms with Gasteiger partial charge in [-0.1, -0.05) is 0 Å². The maximum Gasteiger partial charge on any atom is 0.267 e. The van der Waals surface area contributed by atoms with Crippen molar-refractivity contribution in [2.45, 2.75) is 38.6 Å². The summed E-state index contributed by atoms with van der Waals surface area (Å²) in [6, 6.07) is 4.95. The van der Waals surface area contributed by atoms with Crippen molar-refractivity contribution in [1.29, 1.82) is 0 Å². The molecule has 0 radical (unpaired) electrons. The van der Waals surface area contributed by atoms with Crippen molar-refractivity contribution in [2.75, 3.05) is 13.1 Å². The summed E-state index contributed by atoms with van der Waals surface area (Å²) in [5.41, 5.74) is 1.95. The summed E-state index contributed by atoms with van der Waals surface area (Å²) < 4.78 is 1.59. The molecule has 0 saturated carbocycles. The van der Waals surface area contributed by atoms with Gasteiger partial charge in [0.2, 0.25) is 0 Å². The Morgan fingerprint density at radius 1 is 1.23 bits per heavy atom. The number of aryl methyl sites for hydroxylation is 2. The van der Waals surface area contributed by atoms with E-state index in [0.29, 0.717) is 25.6 Å². The Kier molecular flexibility index (Phi) is 4.44. The number of piperidine rings is 1. The highest BCUT2D eigenvalue weighted by atomic mass is 16.2. The molecule has 7 nitrogen and oxygen atoms in total. The zero-order valence-corrected chi connectivity index (χ0v) is 14.6. The third kappa shape index (κ3) is 3.21. The lowest BCUT2D eigenvalue weighted by atomic mass is 9.96. The number of amides is 1. The Morgan fingerprint density at radius 2 is 2.04 bits per heavy atom. The summed E-state index contributed by atoms with van der Waals surface area (Å²) in [6.07, 6.45) is 6.12. The SMILES string of the molecule is O=C(c1ccc[nH]c1=O)N1CCC(Cn2nc3c(cc2=O)CCC3)CC1. The molecule has 1 fully saturated rings. The first-order valence-electron chi connectivity index (χ1n) is 9.19. The van der Waals surface area contributed by atoms with E-state index in [1.807, 2.05) is 0 Å². The van der Waals surface area contributed by atoms with E-state index in [1.54, 1.807) is 27.8 Å². The number of nitrogens with zero attached hydrogens (tertiary/aromatic N) is 3. The van der Waals surface area contributed by atoms with Crippen LogP contribution >= 0.6 is 0 Å². The third-order valence-corrected chi connectivity index (χ3v) is 5.41. The summed E-state index contributed by atoms with van der Waals surface area (Å²) in [5, 5.41) is 4.54. The monoisotopic (exact) mass is 354 g/mol. The normalized spacial score (nSPS) is 17.3. The Morgan fingerprint density at radius 3 is 2.81 bits per heavy atom. The summed E-state index contributed by atoms with van der Waals surface area (Å²) >= 11 is 0. The summed E-state index contributed by atoms with van der Waals surface area (Å²) in [6.45, 7) is 1.79.